The van der Waals surface area contributed by atoms with Crippen LogP contribution in [0.2, 0.25) is 0 Å². The van der Waals surface area contributed by atoms with Gasteiger partial charge in [-0.05, 0) is 25.1 Å². The number of aromatic nitrogens is 2. The standard InChI is InChI=1S/C13H17N3O3S/c1-3-19-11-4-5-12(14)13(8-11)20(17,18)9-10-6-7-16(2)15-10/h4-8H,3,9,14H2,1-2H3. The maximum atomic E-state index is 12.4. The fourth-order valence-electron chi connectivity index (χ4n) is 1.85. The minimum Gasteiger partial charge on any atom is -0.494 e. The van der Waals surface area contributed by atoms with Crippen LogP contribution in [0.5, 0.6) is 5.75 Å². The number of nitrogens with two attached hydrogens (primary N) is 1. The van der Waals surface area contributed by atoms with Gasteiger partial charge in [-0.2, -0.15) is 5.10 Å². The SMILES string of the molecule is CCOc1ccc(N)c(S(=O)(=O)Cc2ccn(C)n2)c1. The highest BCUT2D eigenvalue weighted by atomic mass is 32.2. The quantitative estimate of drug-likeness (QED) is 0.842. The fraction of sp³-hybridized carbons (Fsp3) is 0.308. The number of nitrogens with zero attached hydrogens (tertiary/aromatic N) is 2. The van der Waals surface area contributed by atoms with E-state index in [2.05, 4.69) is 5.10 Å². The Morgan fingerprint density at radius 1 is 1.35 bits per heavy atom. The summed E-state index contributed by atoms with van der Waals surface area (Å²) in [6, 6.07) is 6.31. The normalized spacial score (nSPS) is 11.5. The van der Waals surface area contributed by atoms with Crippen LogP contribution in [0.25, 0.3) is 0 Å². The zero-order valence-electron chi connectivity index (χ0n) is 11.4. The van der Waals surface area contributed by atoms with E-state index in [0.717, 1.165) is 0 Å². The average molecular weight is 295 g/mol. The summed E-state index contributed by atoms with van der Waals surface area (Å²) in [5.41, 5.74) is 6.46. The first-order valence-corrected chi connectivity index (χ1v) is 7.81. The van der Waals surface area contributed by atoms with Crippen LogP contribution in [-0.2, 0) is 22.6 Å². The molecule has 1 aromatic heterocycles. The Morgan fingerprint density at radius 3 is 2.70 bits per heavy atom. The van der Waals surface area contributed by atoms with Gasteiger partial charge in [0.1, 0.15) is 5.75 Å². The summed E-state index contributed by atoms with van der Waals surface area (Å²) in [6.45, 7) is 2.29. The van der Waals surface area contributed by atoms with Crippen molar-refractivity contribution < 1.29 is 13.2 Å². The molecular weight excluding hydrogens is 278 g/mol. The van der Waals surface area contributed by atoms with Gasteiger partial charge in [0.2, 0.25) is 0 Å². The summed E-state index contributed by atoms with van der Waals surface area (Å²) >= 11 is 0. The van der Waals surface area contributed by atoms with Crippen molar-refractivity contribution in [3.63, 3.8) is 0 Å². The molecule has 0 unspecified atom stereocenters. The lowest BCUT2D eigenvalue weighted by Gasteiger charge is -2.09. The number of benzene rings is 1. The molecule has 2 rings (SSSR count). The van der Waals surface area contributed by atoms with Crippen LogP contribution in [0.3, 0.4) is 0 Å². The molecule has 6 nitrogen and oxygen atoms in total. The topological polar surface area (TPSA) is 87.2 Å². The van der Waals surface area contributed by atoms with Gasteiger partial charge in [0, 0.05) is 19.3 Å². The number of hydrogen-bond donors (Lipinski definition) is 1. The fourth-order valence-corrected chi connectivity index (χ4v) is 3.27. The molecule has 108 valence electrons. The van der Waals surface area contributed by atoms with Crippen LogP contribution in [0.15, 0.2) is 35.4 Å². The van der Waals surface area contributed by atoms with Crippen LogP contribution >= 0.6 is 0 Å². The maximum Gasteiger partial charge on any atom is 0.186 e. The van der Waals surface area contributed by atoms with E-state index >= 15 is 0 Å². The Hall–Kier alpha value is -2.02. The molecule has 2 aromatic rings. The van der Waals surface area contributed by atoms with Gasteiger partial charge in [-0.25, -0.2) is 8.42 Å². The van der Waals surface area contributed by atoms with Crippen molar-refractivity contribution in [1.82, 2.24) is 9.78 Å². The van der Waals surface area contributed by atoms with Crippen LogP contribution in [-0.4, -0.2) is 24.8 Å². The van der Waals surface area contributed by atoms with Crippen molar-refractivity contribution in [2.75, 3.05) is 12.3 Å². The summed E-state index contributed by atoms with van der Waals surface area (Å²) in [7, 11) is -1.82. The molecular formula is C13H17N3O3S. The number of rotatable bonds is 5. The number of hydrogen-bond acceptors (Lipinski definition) is 5. The van der Waals surface area contributed by atoms with Crippen molar-refractivity contribution in [3.05, 3.63) is 36.2 Å². The van der Waals surface area contributed by atoms with Crippen molar-refractivity contribution in [3.8, 4) is 5.75 Å². The predicted octanol–water partition coefficient (Wildman–Crippen LogP) is 1.37. The molecule has 0 aliphatic rings. The minimum atomic E-state index is -3.55. The molecule has 0 bridgehead atoms. The summed E-state index contributed by atoms with van der Waals surface area (Å²) in [4.78, 5) is 0.0779. The number of ether oxygens (including phenoxy) is 1. The second kappa shape index (κ2) is 5.54. The van der Waals surface area contributed by atoms with Crippen molar-refractivity contribution in [2.45, 2.75) is 17.6 Å². The van der Waals surface area contributed by atoms with E-state index < -0.39 is 9.84 Å². The highest BCUT2D eigenvalue weighted by molar-refractivity contribution is 7.90. The van der Waals surface area contributed by atoms with Gasteiger partial charge in [0.05, 0.1) is 28.6 Å². The molecule has 0 atom stereocenters. The Labute approximate surface area is 118 Å². The molecule has 0 saturated heterocycles. The molecule has 20 heavy (non-hydrogen) atoms. The molecule has 1 heterocycles. The molecule has 0 saturated carbocycles. The van der Waals surface area contributed by atoms with Crippen LogP contribution in [0, 0.1) is 0 Å². The van der Waals surface area contributed by atoms with Crippen LogP contribution in [0.4, 0.5) is 5.69 Å². The average Bonchev–Trinajstić information content (AvgIpc) is 2.76. The smallest absolute Gasteiger partial charge is 0.186 e. The van der Waals surface area contributed by atoms with E-state index in [9.17, 15) is 8.42 Å². The largest absolute Gasteiger partial charge is 0.494 e. The van der Waals surface area contributed by atoms with Gasteiger partial charge in [0.25, 0.3) is 0 Å². The molecule has 1 aromatic carbocycles. The molecule has 0 spiro atoms. The van der Waals surface area contributed by atoms with Crippen molar-refractivity contribution in [1.29, 1.82) is 0 Å². The second-order valence-corrected chi connectivity index (χ2v) is 6.33. The minimum absolute atomic E-state index is 0.0779. The third-order valence-corrected chi connectivity index (χ3v) is 4.44. The third-order valence-electron chi connectivity index (χ3n) is 2.74. The van der Waals surface area contributed by atoms with E-state index in [1.807, 2.05) is 6.92 Å². The molecule has 2 N–H and O–H groups in total. The molecule has 0 aliphatic heterocycles. The van der Waals surface area contributed by atoms with Crippen LogP contribution < -0.4 is 10.5 Å². The Kier molecular flexibility index (Phi) is 3.99. The molecule has 0 aliphatic carbocycles. The van der Waals surface area contributed by atoms with E-state index in [1.54, 1.807) is 30.1 Å². The van der Waals surface area contributed by atoms with E-state index in [-0.39, 0.29) is 16.3 Å². The lowest BCUT2D eigenvalue weighted by atomic mass is 10.3. The highest BCUT2D eigenvalue weighted by Gasteiger charge is 2.20. The van der Waals surface area contributed by atoms with Crippen molar-refractivity contribution >= 4 is 15.5 Å². The van der Waals surface area contributed by atoms with E-state index in [0.29, 0.717) is 18.1 Å². The van der Waals surface area contributed by atoms with Gasteiger partial charge in [0.15, 0.2) is 9.84 Å². The molecule has 0 radical (unpaired) electrons. The summed E-state index contributed by atoms with van der Waals surface area (Å²) in [5, 5.41) is 4.08. The number of nitrogen functional groups attached to an aromatic ring is 1. The van der Waals surface area contributed by atoms with Gasteiger partial charge in [-0.15, -0.1) is 0 Å². The van der Waals surface area contributed by atoms with E-state index in [1.165, 1.54) is 12.1 Å². The highest BCUT2D eigenvalue weighted by Crippen LogP contribution is 2.26. The second-order valence-electron chi connectivity index (χ2n) is 4.37. The maximum absolute atomic E-state index is 12.4. The lowest BCUT2D eigenvalue weighted by molar-refractivity contribution is 0.339. The van der Waals surface area contributed by atoms with Crippen LogP contribution in [0.1, 0.15) is 12.6 Å². The van der Waals surface area contributed by atoms with Gasteiger partial charge >= 0.3 is 0 Å². The zero-order valence-corrected chi connectivity index (χ0v) is 12.2. The lowest BCUT2D eigenvalue weighted by Crippen LogP contribution is -2.09. The first-order chi connectivity index (χ1) is 9.42. The van der Waals surface area contributed by atoms with Gasteiger partial charge in [-0.1, -0.05) is 0 Å². The summed E-state index contributed by atoms with van der Waals surface area (Å²) < 4.78 is 31.7. The number of aryl methyl sites for hydroxylation is 1. The Morgan fingerprint density at radius 2 is 2.10 bits per heavy atom. The number of anilines is 1. The van der Waals surface area contributed by atoms with E-state index in [4.69, 9.17) is 10.5 Å². The third kappa shape index (κ3) is 3.11. The first-order valence-electron chi connectivity index (χ1n) is 6.16. The molecule has 0 fully saturated rings. The number of sulfone groups is 1. The molecule has 0 amide bonds. The predicted molar refractivity (Wildman–Crippen MR) is 76.1 cm³/mol. The Balaban J connectivity index is 2.35. The van der Waals surface area contributed by atoms with Crippen molar-refractivity contribution in [2.24, 2.45) is 7.05 Å². The monoisotopic (exact) mass is 295 g/mol. The summed E-state index contributed by atoms with van der Waals surface area (Å²) in [6.07, 6.45) is 1.70. The zero-order chi connectivity index (χ0) is 14.8. The Bertz CT molecular complexity index is 707. The summed E-state index contributed by atoms with van der Waals surface area (Å²) in [5.74, 6) is 0.300. The van der Waals surface area contributed by atoms with Gasteiger partial charge in [-0.3, -0.25) is 4.68 Å². The first kappa shape index (κ1) is 14.4. The van der Waals surface area contributed by atoms with Gasteiger partial charge < -0.3 is 10.5 Å². The molecule has 7 heteroatoms.